The Labute approximate surface area is 189 Å². The molecule has 3 atom stereocenters. The highest BCUT2D eigenvalue weighted by Gasteiger charge is 2.45. The van der Waals surface area contributed by atoms with Gasteiger partial charge in [-0.05, 0) is 25.0 Å². The van der Waals surface area contributed by atoms with Crippen LogP contribution in [0.3, 0.4) is 0 Å². The van der Waals surface area contributed by atoms with E-state index >= 15 is 0 Å². The van der Waals surface area contributed by atoms with Crippen LogP contribution in [-0.4, -0.2) is 83.3 Å². The van der Waals surface area contributed by atoms with Crippen LogP contribution in [0, 0.1) is 0 Å². The van der Waals surface area contributed by atoms with Crippen molar-refractivity contribution in [3.8, 4) is 0 Å². The number of esters is 1. The van der Waals surface area contributed by atoms with Gasteiger partial charge in [-0.1, -0.05) is 18.2 Å². The van der Waals surface area contributed by atoms with E-state index in [4.69, 9.17) is 9.47 Å². The third-order valence-electron chi connectivity index (χ3n) is 5.76. The molecule has 33 heavy (non-hydrogen) atoms. The molecule has 3 saturated heterocycles. The van der Waals surface area contributed by atoms with Gasteiger partial charge in [-0.2, -0.15) is 0 Å². The van der Waals surface area contributed by atoms with E-state index in [2.05, 4.69) is 10.7 Å². The van der Waals surface area contributed by atoms with Crippen LogP contribution in [0.1, 0.15) is 36.0 Å². The number of hydrogen-bond donors (Lipinski definition) is 2. The van der Waals surface area contributed by atoms with Gasteiger partial charge in [0.1, 0.15) is 12.1 Å². The van der Waals surface area contributed by atoms with Gasteiger partial charge in [-0.25, -0.2) is 19.8 Å². The van der Waals surface area contributed by atoms with Gasteiger partial charge in [0, 0.05) is 25.6 Å². The van der Waals surface area contributed by atoms with Crippen LogP contribution in [0.25, 0.3) is 0 Å². The minimum Gasteiger partial charge on any atom is -0.433 e. The van der Waals surface area contributed by atoms with Crippen molar-refractivity contribution in [2.75, 3.05) is 20.2 Å². The van der Waals surface area contributed by atoms with Crippen molar-refractivity contribution >= 4 is 29.7 Å². The lowest BCUT2D eigenvalue weighted by Gasteiger charge is -2.43. The lowest BCUT2D eigenvalue weighted by molar-refractivity contribution is -0.162. The molecule has 1 aromatic carbocycles. The molecule has 0 saturated carbocycles. The second-order valence-corrected chi connectivity index (χ2v) is 7.92. The number of ether oxygens (including phenoxy) is 2. The number of rotatable bonds is 5. The Bertz CT molecular complexity index is 956. The first-order valence-corrected chi connectivity index (χ1v) is 10.7. The number of carbonyl (C=O) groups is 5. The van der Waals surface area contributed by atoms with Crippen molar-refractivity contribution in [3.63, 3.8) is 0 Å². The summed E-state index contributed by atoms with van der Waals surface area (Å²) >= 11 is 0. The molecular formula is C21H25N5O7. The predicted molar refractivity (Wildman–Crippen MR) is 111 cm³/mol. The fourth-order valence-electron chi connectivity index (χ4n) is 4.14. The SMILES string of the molecule is COC1OC(=O)C[C@@H]1NC(=O)[C@@H]1CCCN2C(=O)CCN(NC(=O)c3ccccc3)C(=O)N12. The molecule has 12 nitrogen and oxygen atoms in total. The third kappa shape index (κ3) is 4.60. The first-order chi connectivity index (χ1) is 15.9. The van der Waals surface area contributed by atoms with Crippen molar-refractivity contribution in [1.82, 2.24) is 25.8 Å². The predicted octanol–water partition coefficient (Wildman–Crippen LogP) is -0.231. The molecule has 12 heteroatoms. The zero-order chi connectivity index (χ0) is 23.5. The molecule has 5 amide bonds. The van der Waals surface area contributed by atoms with Crippen LogP contribution in [0.15, 0.2) is 30.3 Å². The minimum atomic E-state index is -1.00. The van der Waals surface area contributed by atoms with Crippen molar-refractivity contribution in [3.05, 3.63) is 35.9 Å². The molecule has 2 N–H and O–H groups in total. The van der Waals surface area contributed by atoms with E-state index in [1.54, 1.807) is 30.3 Å². The minimum absolute atomic E-state index is 0.0115. The number of cyclic esters (lactones) is 1. The summed E-state index contributed by atoms with van der Waals surface area (Å²) in [5.41, 5.74) is 2.89. The van der Waals surface area contributed by atoms with E-state index in [1.165, 1.54) is 12.1 Å². The van der Waals surface area contributed by atoms with Crippen LogP contribution < -0.4 is 10.7 Å². The fourth-order valence-corrected chi connectivity index (χ4v) is 4.14. The summed E-state index contributed by atoms with van der Waals surface area (Å²) in [6.45, 7) is 0.245. The summed E-state index contributed by atoms with van der Waals surface area (Å²) < 4.78 is 10.1. The molecule has 1 aromatic rings. The van der Waals surface area contributed by atoms with E-state index in [1.807, 2.05) is 0 Å². The van der Waals surface area contributed by atoms with Gasteiger partial charge in [0.05, 0.1) is 13.0 Å². The summed E-state index contributed by atoms with van der Waals surface area (Å²) in [5, 5.41) is 6.11. The Morgan fingerprint density at radius 2 is 1.88 bits per heavy atom. The van der Waals surface area contributed by atoms with Crippen molar-refractivity contribution in [1.29, 1.82) is 0 Å². The van der Waals surface area contributed by atoms with Gasteiger partial charge >= 0.3 is 12.0 Å². The van der Waals surface area contributed by atoms with Crippen molar-refractivity contribution < 1.29 is 33.4 Å². The first-order valence-electron chi connectivity index (χ1n) is 10.7. The van der Waals surface area contributed by atoms with Crippen LogP contribution in [0.5, 0.6) is 0 Å². The van der Waals surface area contributed by atoms with Gasteiger partial charge in [0.25, 0.3) is 5.91 Å². The zero-order valence-electron chi connectivity index (χ0n) is 18.1. The molecule has 0 bridgehead atoms. The number of fused-ring (bicyclic) bond motifs is 1. The second-order valence-electron chi connectivity index (χ2n) is 7.92. The molecule has 0 spiro atoms. The Kier molecular flexibility index (Phi) is 6.45. The van der Waals surface area contributed by atoms with E-state index in [9.17, 15) is 24.0 Å². The monoisotopic (exact) mass is 459 g/mol. The average Bonchev–Trinajstić information content (AvgIpc) is 3.14. The number of urea groups is 1. The van der Waals surface area contributed by atoms with Crippen LogP contribution in [0.2, 0.25) is 0 Å². The largest absolute Gasteiger partial charge is 0.433 e. The number of hydrazine groups is 2. The highest BCUT2D eigenvalue weighted by Crippen LogP contribution is 2.25. The molecule has 3 fully saturated rings. The van der Waals surface area contributed by atoms with Gasteiger partial charge in [0.2, 0.25) is 18.1 Å². The molecule has 3 aliphatic rings. The van der Waals surface area contributed by atoms with Crippen molar-refractivity contribution in [2.24, 2.45) is 0 Å². The van der Waals surface area contributed by atoms with E-state index in [-0.39, 0.29) is 31.8 Å². The van der Waals surface area contributed by atoms with E-state index in [0.717, 1.165) is 10.0 Å². The number of hydrogen-bond acceptors (Lipinski definition) is 7. The average molecular weight is 459 g/mol. The van der Waals surface area contributed by atoms with Crippen LogP contribution >= 0.6 is 0 Å². The third-order valence-corrected chi connectivity index (χ3v) is 5.76. The summed E-state index contributed by atoms with van der Waals surface area (Å²) in [5.74, 6) is -1.88. The smallest absolute Gasteiger partial charge is 0.358 e. The molecule has 1 unspecified atom stereocenters. The molecular weight excluding hydrogens is 434 g/mol. The number of methoxy groups -OCH3 is 1. The highest BCUT2D eigenvalue weighted by molar-refractivity contribution is 5.96. The molecule has 4 rings (SSSR count). The van der Waals surface area contributed by atoms with Gasteiger partial charge in [0.15, 0.2) is 0 Å². The lowest BCUT2D eigenvalue weighted by atomic mass is 10.1. The number of nitrogens with one attached hydrogen (secondary N) is 2. The molecule has 176 valence electrons. The summed E-state index contributed by atoms with van der Waals surface area (Å²) in [6, 6.07) is 5.95. The van der Waals surface area contributed by atoms with Gasteiger partial charge in [-0.15, -0.1) is 0 Å². The topological polar surface area (TPSA) is 138 Å². The Hall–Kier alpha value is -3.67. The Balaban J connectivity index is 1.53. The zero-order valence-corrected chi connectivity index (χ0v) is 18.1. The van der Waals surface area contributed by atoms with Crippen LogP contribution in [-0.2, 0) is 23.9 Å². The summed E-state index contributed by atoms with van der Waals surface area (Å²) in [6.07, 6.45) is -0.183. The molecule has 0 aromatic heterocycles. The van der Waals surface area contributed by atoms with Crippen molar-refractivity contribution in [2.45, 2.75) is 44.1 Å². The molecule has 0 radical (unpaired) electrons. The first kappa shape index (κ1) is 22.5. The molecule has 3 aliphatic heterocycles. The van der Waals surface area contributed by atoms with Gasteiger partial charge in [-0.3, -0.25) is 24.6 Å². The number of amides is 5. The normalized spacial score (nSPS) is 25.3. The Morgan fingerprint density at radius 1 is 1.12 bits per heavy atom. The van der Waals surface area contributed by atoms with E-state index < -0.39 is 42.2 Å². The maximum absolute atomic E-state index is 13.4. The standard InChI is InChI=1S/C21H25N5O7/c1-32-20-14(12-17(28)33-20)22-19(30)15-8-5-10-25-16(27)9-11-24(21(31)26(15)25)23-18(29)13-6-3-2-4-7-13/h2-4,6-7,14-15,20H,5,8-12H2,1H3,(H,22,30)(H,23,29)/t14-,15-,20?/m0/s1. The maximum atomic E-state index is 13.4. The molecule has 0 aliphatic carbocycles. The Morgan fingerprint density at radius 3 is 2.61 bits per heavy atom. The quantitative estimate of drug-likeness (QED) is 0.580. The highest BCUT2D eigenvalue weighted by atomic mass is 16.7. The maximum Gasteiger partial charge on any atom is 0.358 e. The molecule has 3 heterocycles. The number of benzene rings is 1. The number of carbonyl (C=O) groups excluding carboxylic acids is 5. The fraction of sp³-hybridized carbons (Fsp3) is 0.476. The second kappa shape index (κ2) is 9.45. The lowest BCUT2D eigenvalue weighted by Crippen LogP contribution is -2.65. The van der Waals surface area contributed by atoms with Crippen LogP contribution in [0.4, 0.5) is 4.79 Å². The van der Waals surface area contributed by atoms with Gasteiger partial charge < -0.3 is 14.8 Å². The number of nitrogens with zero attached hydrogens (tertiary/aromatic N) is 3. The van der Waals surface area contributed by atoms with E-state index in [0.29, 0.717) is 18.4 Å². The summed E-state index contributed by atoms with van der Waals surface area (Å²) in [4.78, 5) is 63.4. The summed E-state index contributed by atoms with van der Waals surface area (Å²) in [7, 11) is 1.36.